The summed E-state index contributed by atoms with van der Waals surface area (Å²) in [6.45, 7) is 0. The van der Waals surface area contributed by atoms with Crippen LogP contribution in [0, 0.1) is 11.8 Å². The van der Waals surface area contributed by atoms with E-state index in [1.54, 1.807) is 0 Å². The lowest BCUT2D eigenvalue weighted by Crippen LogP contribution is -2.31. The molecule has 0 amide bonds. The molecule has 0 bridgehead atoms. The van der Waals surface area contributed by atoms with Crippen LogP contribution < -0.4 is 0 Å². The minimum absolute atomic E-state index is 0.987. The maximum atomic E-state index is 3.18. The molecule has 0 aromatic heterocycles. The fourth-order valence-electron chi connectivity index (χ4n) is 1.36. The predicted octanol–water partition coefficient (Wildman–Crippen LogP) is -0.546. The smallest absolute Gasteiger partial charge is 0.260 e. The average molecular weight is 224 g/mol. The van der Waals surface area contributed by atoms with Crippen molar-refractivity contribution < 1.29 is 9.15 Å². The summed E-state index contributed by atoms with van der Waals surface area (Å²) < 4.78 is 4.02. The largest absolute Gasteiger partial charge is 0.325 e. The summed E-state index contributed by atoms with van der Waals surface area (Å²) in [5.41, 5.74) is 0. The van der Waals surface area contributed by atoms with E-state index in [4.69, 9.17) is 0 Å². The summed E-state index contributed by atoms with van der Waals surface area (Å²) in [6.07, 6.45) is 0. The second-order valence-electron chi connectivity index (χ2n) is 4.47. The third-order valence-electron chi connectivity index (χ3n) is 1.98. The van der Waals surface area contributed by atoms with Gasteiger partial charge in [0.2, 0.25) is 0 Å². The molecule has 0 aliphatic carbocycles. The molecular weight excluding hydrogens is 200 g/mol. The van der Waals surface area contributed by atoms with Crippen LogP contribution in [0.4, 0.5) is 0 Å². The van der Waals surface area contributed by atoms with Gasteiger partial charge in [-0.25, -0.2) is 0 Å². The third kappa shape index (κ3) is 4.35. The molecule has 0 aromatic rings. The number of hydrogen-bond acceptors (Lipinski definition) is 0. The highest BCUT2D eigenvalue weighted by atomic mass is 15.2. The molecular formula is C12H24N4+2. The van der Waals surface area contributed by atoms with E-state index in [2.05, 4.69) is 11.8 Å². The fraction of sp³-hybridized carbons (Fsp3) is 0.667. The van der Waals surface area contributed by atoms with Crippen molar-refractivity contribution in [1.29, 1.82) is 0 Å². The molecule has 16 heavy (non-hydrogen) atoms. The van der Waals surface area contributed by atoms with Crippen LogP contribution in [0.5, 0.6) is 0 Å². The Bertz CT molecular complexity index is 322. The summed E-state index contributed by atoms with van der Waals surface area (Å²) in [7, 11) is 16.0. The Hall–Kier alpha value is -1.50. The van der Waals surface area contributed by atoms with Gasteiger partial charge in [-0.1, -0.05) is 0 Å². The Kier molecular flexibility index (Phi) is 5.59. The van der Waals surface area contributed by atoms with Gasteiger partial charge in [-0.15, -0.1) is 0 Å². The maximum Gasteiger partial charge on any atom is 0.325 e. The molecule has 0 radical (unpaired) electrons. The summed E-state index contributed by atoms with van der Waals surface area (Å²) in [6, 6.07) is 0. The minimum atomic E-state index is 0.987. The van der Waals surface area contributed by atoms with E-state index in [0.29, 0.717) is 0 Å². The molecule has 90 valence electrons. The van der Waals surface area contributed by atoms with Gasteiger partial charge in [0.25, 0.3) is 0 Å². The quantitative estimate of drug-likeness (QED) is 0.237. The lowest BCUT2D eigenvalue weighted by molar-refractivity contribution is -0.468. The third-order valence-corrected chi connectivity index (χ3v) is 1.98. The number of hydrogen-bond donors (Lipinski definition) is 0. The van der Waals surface area contributed by atoms with Crippen molar-refractivity contribution >= 4 is 11.7 Å². The Balaban J connectivity index is 5.26. The second-order valence-corrected chi connectivity index (χ2v) is 4.47. The number of amidine groups is 2. The van der Waals surface area contributed by atoms with Gasteiger partial charge >= 0.3 is 11.7 Å². The van der Waals surface area contributed by atoms with E-state index in [9.17, 15) is 0 Å². The molecule has 0 rings (SSSR count). The SMILES string of the molecule is CN(C)C(C#CC(N(C)C)=[N+](C)C)=[N+](C)C. The zero-order valence-corrected chi connectivity index (χ0v) is 11.8. The molecule has 0 saturated heterocycles. The van der Waals surface area contributed by atoms with E-state index in [1.165, 1.54) is 0 Å². The lowest BCUT2D eigenvalue weighted by atomic mass is 10.4. The second kappa shape index (κ2) is 6.16. The highest BCUT2D eigenvalue weighted by Gasteiger charge is 2.11. The minimum Gasteiger partial charge on any atom is -0.260 e. The van der Waals surface area contributed by atoms with Gasteiger partial charge in [-0.2, -0.15) is 0 Å². The van der Waals surface area contributed by atoms with Crippen LogP contribution in [0.1, 0.15) is 0 Å². The van der Waals surface area contributed by atoms with Crippen LogP contribution in [-0.2, 0) is 0 Å². The number of rotatable bonds is 0. The zero-order chi connectivity index (χ0) is 12.9. The Morgan fingerprint density at radius 1 is 0.688 bits per heavy atom. The Morgan fingerprint density at radius 3 is 1.06 bits per heavy atom. The van der Waals surface area contributed by atoms with Gasteiger partial charge in [-0.05, 0) is 0 Å². The van der Waals surface area contributed by atoms with Gasteiger partial charge in [-0.3, -0.25) is 19.0 Å². The van der Waals surface area contributed by atoms with Gasteiger partial charge in [0.1, 0.15) is 0 Å². The van der Waals surface area contributed by atoms with Crippen LogP contribution in [0.3, 0.4) is 0 Å². The average Bonchev–Trinajstić information content (AvgIpc) is 2.09. The summed E-state index contributed by atoms with van der Waals surface area (Å²) >= 11 is 0. The van der Waals surface area contributed by atoms with E-state index in [1.807, 2.05) is 75.3 Å². The first kappa shape index (κ1) is 14.5. The van der Waals surface area contributed by atoms with Crippen LogP contribution >= 0.6 is 0 Å². The molecule has 0 spiro atoms. The van der Waals surface area contributed by atoms with Crippen molar-refractivity contribution in [1.82, 2.24) is 9.80 Å². The normalized spacial score (nSPS) is 8.75. The van der Waals surface area contributed by atoms with Crippen LogP contribution in [0.2, 0.25) is 0 Å². The van der Waals surface area contributed by atoms with E-state index < -0.39 is 0 Å². The zero-order valence-electron chi connectivity index (χ0n) is 11.8. The van der Waals surface area contributed by atoms with Crippen molar-refractivity contribution in [2.75, 3.05) is 56.4 Å². The van der Waals surface area contributed by atoms with E-state index >= 15 is 0 Å². The Morgan fingerprint density at radius 2 is 0.938 bits per heavy atom. The van der Waals surface area contributed by atoms with Crippen LogP contribution in [-0.4, -0.2) is 87.0 Å². The highest BCUT2D eigenvalue weighted by Crippen LogP contribution is 1.83. The highest BCUT2D eigenvalue weighted by molar-refractivity contribution is 6.03. The summed E-state index contributed by atoms with van der Waals surface area (Å²) in [5.74, 6) is 8.33. The van der Waals surface area contributed by atoms with Crippen molar-refractivity contribution in [2.24, 2.45) is 0 Å². The van der Waals surface area contributed by atoms with Gasteiger partial charge < -0.3 is 0 Å². The monoisotopic (exact) mass is 224 g/mol. The molecule has 4 heteroatoms. The molecule has 0 saturated carbocycles. The first-order chi connectivity index (χ1) is 7.27. The summed E-state index contributed by atoms with van der Waals surface area (Å²) in [4.78, 5) is 4.02. The first-order valence-electron chi connectivity index (χ1n) is 5.22. The molecule has 4 nitrogen and oxygen atoms in total. The predicted molar refractivity (Wildman–Crippen MR) is 69.4 cm³/mol. The van der Waals surface area contributed by atoms with E-state index in [0.717, 1.165) is 11.7 Å². The topological polar surface area (TPSA) is 12.5 Å². The van der Waals surface area contributed by atoms with Gasteiger partial charge in [0.15, 0.2) is 0 Å². The number of nitrogens with zero attached hydrogens (tertiary/aromatic N) is 4. The standard InChI is InChI=1S/C12H24N4/c1-13(2)11(14(3)4)9-10-12(15(5)6)16(7)8/h1-8H3/q+2. The van der Waals surface area contributed by atoms with Gasteiger partial charge in [0, 0.05) is 11.8 Å². The molecule has 0 N–H and O–H groups in total. The lowest BCUT2D eigenvalue weighted by Gasteiger charge is -2.06. The van der Waals surface area contributed by atoms with Crippen molar-refractivity contribution in [3.63, 3.8) is 0 Å². The Labute approximate surface area is 99.5 Å². The van der Waals surface area contributed by atoms with E-state index in [-0.39, 0.29) is 0 Å². The van der Waals surface area contributed by atoms with Gasteiger partial charge in [0.05, 0.1) is 56.4 Å². The molecule has 0 aliphatic heterocycles. The molecule has 0 heterocycles. The van der Waals surface area contributed by atoms with Crippen molar-refractivity contribution in [3.8, 4) is 11.8 Å². The van der Waals surface area contributed by atoms with Crippen molar-refractivity contribution in [3.05, 3.63) is 0 Å². The molecule has 0 atom stereocenters. The van der Waals surface area contributed by atoms with Crippen LogP contribution in [0.25, 0.3) is 0 Å². The van der Waals surface area contributed by atoms with Crippen molar-refractivity contribution in [2.45, 2.75) is 0 Å². The maximum absolute atomic E-state index is 3.18. The molecule has 0 unspecified atom stereocenters. The molecule has 0 aliphatic rings. The summed E-state index contributed by atoms with van der Waals surface area (Å²) in [5, 5.41) is 0. The van der Waals surface area contributed by atoms with Crippen LogP contribution in [0.15, 0.2) is 0 Å². The fourth-order valence-corrected chi connectivity index (χ4v) is 1.36. The molecule has 0 fully saturated rings. The first-order valence-corrected chi connectivity index (χ1v) is 5.22. The molecule has 0 aromatic carbocycles.